The molecule has 1 aliphatic carbocycles. The molecule has 1 aromatic rings. The van der Waals surface area contributed by atoms with Crippen molar-refractivity contribution in [3.05, 3.63) is 22.6 Å². The molecule has 0 saturated heterocycles. The maximum Gasteiger partial charge on any atom is 0.449 e. The van der Waals surface area contributed by atoms with Gasteiger partial charge < -0.3 is 9.52 Å². The molecule has 0 aliphatic heterocycles. The van der Waals surface area contributed by atoms with Gasteiger partial charge in [0.2, 0.25) is 11.5 Å². The number of aromatic carboxylic acids is 1. The Morgan fingerprint density at radius 2 is 1.87 bits per heavy atom. The van der Waals surface area contributed by atoms with E-state index in [1.54, 1.807) is 0 Å². The number of furan rings is 1. The van der Waals surface area contributed by atoms with Crippen LogP contribution in [0.2, 0.25) is 0 Å². The molecule has 0 bridgehead atoms. The van der Waals surface area contributed by atoms with Crippen molar-refractivity contribution in [1.29, 1.82) is 0 Å². The molecule has 1 aromatic heterocycles. The predicted molar refractivity (Wildman–Crippen MR) is 42.7 cm³/mol. The molecule has 0 aromatic carbocycles. The largest absolute Gasteiger partial charge is 0.475 e. The predicted octanol–water partition coefficient (Wildman–Crippen LogP) is 2.49. The molecule has 0 amide bonds. The smallest absolute Gasteiger partial charge is 0.449 e. The lowest BCUT2D eigenvalue weighted by atomic mass is 10.1. The molecule has 1 N–H and O–H groups in total. The van der Waals surface area contributed by atoms with Gasteiger partial charge >= 0.3 is 12.1 Å². The van der Waals surface area contributed by atoms with Crippen LogP contribution in [0.25, 0.3) is 0 Å². The Kier molecular flexibility index (Phi) is 2.02. The van der Waals surface area contributed by atoms with E-state index in [9.17, 15) is 18.0 Å². The van der Waals surface area contributed by atoms with Gasteiger partial charge in [-0.15, -0.1) is 0 Å². The Hall–Kier alpha value is -1.46. The lowest BCUT2D eigenvalue weighted by Gasteiger charge is -2.03. The van der Waals surface area contributed by atoms with Crippen molar-refractivity contribution >= 4 is 5.97 Å². The van der Waals surface area contributed by atoms with Crippen molar-refractivity contribution in [2.75, 3.05) is 0 Å². The quantitative estimate of drug-likeness (QED) is 0.790. The van der Waals surface area contributed by atoms with E-state index in [4.69, 9.17) is 5.11 Å². The summed E-state index contributed by atoms with van der Waals surface area (Å²) in [5.41, 5.74) is 0.217. The molecule has 15 heavy (non-hydrogen) atoms. The average Bonchev–Trinajstić information content (AvgIpc) is 2.57. The van der Waals surface area contributed by atoms with E-state index in [0.717, 1.165) is 0 Å². The highest BCUT2D eigenvalue weighted by Gasteiger charge is 2.42. The second-order valence-electron chi connectivity index (χ2n) is 3.37. The Morgan fingerprint density at radius 1 is 1.27 bits per heavy atom. The molecule has 0 radical (unpaired) electrons. The van der Waals surface area contributed by atoms with Crippen LogP contribution in [0.4, 0.5) is 13.2 Å². The van der Waals surface area contributed by atoms with Crippen LogP contribution in [0.15, 0.2) is 4.42 Å². The van der Waals surface area contributed by atoms with Crippen LogP contribution in [0.1, 0.15) is 33.9 Å². The Balaban J connectivity index is 2.59. The van der Waals surface area contributed by atoms with Crippen LogP contribution in [0.3, 0.4) is 0 Å². The number of alkyl halides is 3. The normalized spacial score (nSPS) is 15.4. The van der Waals surface area contributed by atoms with E-state index in [0.29, 0.717) is 12.8 Å². The third-order valence-corrected chi connectivity index (χ3v) is 2.42. The number of carboxylic acids is 1. The SMILES string of the molecule is O=C(O)c1oc(C(F)(F)F)c2c1CCC2. The molecule has 3 nitrogen and oxygen atoms in total. The minimum Gasteiger partial charge on any atom is -0.475 e. The molecule has 1 aliphatic rings. The Bertz CT molecular complexity index is 417. The number of carbonyl (C=O) groups is 1. The maximum absolute atomic E-state index is 12.4. The third-order valence-electron chi connectivity index (χ3n) is 2.42. The van der Waals surface area contributed by atoms with Crippen molar-refractivity contribution in [1.82, 2.24) is 0 Å². The summed E-state index contributed by atoms with van der Waals surface area (Å²) < 4.78 is 41.7. The number of rotatable bonds is 1. The lowest BCUT2D eigenvalue weighted by molar-refractivity contribution is -0.153. The van der Waals surface area contributed by atoms with Crippen LogP contribution in [-0.4, -0.2) is 11.1 Å². The highest BCUT2D eigenvalue weighted by atomic mass is 19.4. The van der Waals surface area contributed by atoms with Crippen molar-refractivity contribution < 1.29 is 27.5 Å². The van der Waals surface area contributed by atoms with E-state index in [-0.39, 0.29) is 17.5 Å². The first-order chi connectivity index (χ1) is 6.91. The summed E-state index contributed by atoms with van der Waals surface area (Å²) in [7, 11) is 0. The third kappa shape index (κ3) is 1.49. The first-order valence-corrected chi connectivity index (χ1v) is 4.36. The van der Waals surface area contributed by atoms with Gasteiger partial charge in [0.05, 0.1) is 0 Å². The van der Waals surface area contributed by atoms with Gasteiger partial charge in [-0.1, -0.05) is 0 Å². The Morgan fingerprint density at radius 3 is 2.40 bits per heavy atom. The van der Waals surface area contributed by atoms with Crippen molar-refractivity contribution in [3.8, 4) is 0 Å². The second-order valence-corrected chi connectivity index (χ2v) is 3.37. The highest BCUT2D eigenvalue weighted by molar-refractivity contribution is 5.87. The van der Waals surface area contributed by atoms with Gasteiger partial charge in [0, 0.05) is 11.1 Å². The molecular weight excluding hydrogens is 213 g/mol. The number of fused-ring (bicyclic) bond motifs is 1. The summed E-state index contributed by atoms with van der Waals surface area (Å²) in [6.07, 6.45) is -3.48. The lowest BCUT2D eigenvalue weighted by Crippen LogP contribution is -2.06. The standard InChI is InChI=1S/C9H7F3O3/c10-9(11,12)7-5-3-1-2-4(5)6(15-7)8(13)14/h1-3H2,(H,13,14). The van der Waals surface area contributed by atoms with Gasteiger partial charge in [0.15, 0.2) is 0 Å². The zero-order valence-electron chi connectivity index (χ0n) is 7.52. The van der Waals surface area contributed by atoms with Crippen LogP contribution in [-0.2, 0) is 19.0 Å². The highest BCUT2D eigenvalue weighted by Crippen LogP contribution is 2.40. The molecule has 0 unspecified atom stereocenters. The fourth-order valence-corrected chi connectivity index (χ4v) is 1.87. The van der Waals surface area contributed by atoms with Gasteiger partial charge in [-0.2, -0.15) is 13.2 Å². The minimum atomic E-state index is -4.61. The van der Waals surface area contributed by atoms with Crippen LogP contribution in [0, 0.1) is 0 Å². The van der Waals surface area contributed by atoms with Gasteiger partial charge in [0.1, 0.15) is 0 Å². The van der Waals surface area contributed by atoms with E-state index in [1.165, 1.54) is 0 Å². The number of carboxylic acid groups (broad SMARTS) is 1. The second kappa shape index (κ2) is 3.01. The summed E-state index contributed by atoms with van der Waals surface area (Å²) in [6.45, 7) is 0. The summed E-state index contributed by atoms with van der Waals surface area (Å²) >= 11 is 0. The zero-order valence-corrected chi connectivity index (χ0v) is 7.52. The number of hydrogen-bond acceptors (Lipinski definition) is 2. The summed E-state index contributed by atoms with van der Waals surface area (Å²) in [5.74, 6) is -3.15. The molecule has 82 valence electrons. The molecule has 0 atom stereocenters. The summed E-state index contributed by atoms with van der Waals surface area (Å²) in [6, 6.07) is 0. The first kappa shape index (κ1) is 10.1. The maximum atomic E-state index is 12.4. The van der Waals surface area contributed by atoms with E-state index >= 15 is 0 Å². The zero-order chi connectivity index (χ0) is 11.2. The van der Waals surface area contributed by atoms with E-state index in [2.05, 4.69) is 4.42 Å². The van der Waals surface area contributed by atoms with E-state index in [1.807, 2.05) is 0 Å². The molecular formula is C9H7F3O3. The molecule has 0 saturated carbocycles. The topological polar surface area (TPSA) is 50.4 Å². The molecule has 6 heteroatoms. The fourth-order valence-electron chi connectivity index (χ4n) is 1.87. The monoisotopic (exact) mass is 220 g/mol. The molecule has 1 heterocycles. The van der Waals surface area contributed by atoms with Gasteiger partial charge in [-0.3, -0.25) is 0 Å². The van der Waals surface area contributed by atoms with Crippen molar-refractivity contribution in [3.63, 3.8) is 0 Å². The average molecular weight is 220 g/mol. The number of hydrogen-bond donors (Lipinski definition) is 1. The van der Waals surface area contributed by atoms with Gasteiger partial charge in [-0.05, 0) is 19.3 Å². The van der Waals surface area contributed by atoms with Crippen molar-refractivity contribution in [2.45, 2.75) is 25.4 Å². The molecule has 0 fully saturated rings. The molecule has 2 rings (SSSR count). The minimum absolute atomic E-state index is 0.0138. The number of halogens is 3. The molecule has 0 spiro atoms. The van der Waals surface area contributed by atoms with Crippen LogP contribution >= 0.6 is 0 Å². The van der Waals surface area contributed by atoms with Crippen molar-refractivity contribution in [2.24, 2.45) is 0 Å². The van der Waals surface area contributed by atoms with E-state index < -0.39 is 23.7 Å². The summed E-state index contributed by atoms with van der Waals surface area (Å²) in [4.78, 5) is 10.6. The fraction of sp³-hybridized carbons (Fsp3) is 0.444. The first-order valence-electron chi connectivity index (χ1n) is 4.36. The van der Waals surface area contributed by atoms with Crippen LogP contribution in [0.5, 0.6) is 0 Å². The van der Waals surface area contributed by atoms with Crippen LogP contribution < -0.4 is 0 Å². The van der Waals surface area contributed by atoms with Gasteiger partial charge in [0.25, 0.3) is 0 Å². The van der Waals surface area contributed by atoms with Gasteiger partial charge in [-0.25, -0.2) is 4.79 Å². The Labute approximate surface area is 82.5 Å². The summed E-state index contributed by atoms with van der Waals surface area (Å²) in [5, 5.41) is 8.67.